The Morgan fingerprint density at radius 1 is 0.329 bits per heavy atom. The zero-order chi connectivity index (χ0) is 50.6. The SMILES string of the molecule is CC/C=C\C/C=C\C/C=C\C/C=C\CCCCCCCCC(=O)OCC(COCCCCCCCCCC/C=C\CCCCCCCC)OC(=O)CCCCCCCCC/C=C\C/C=C\CCCCC. The van der Waals surface area contributed by atoms with Gasteiger partial charge in [-0.15, -0.1) is 0 Å². The first kappa shape index (κ1) is 67.1. The van der Waals surface area contributed by atoms with Crippen LogP contribution in [-0.2, 0) is 23.8 Å². The molecule has 0 aromatic carbocycles. The summed E-state index contributed by atoms with van der Waals surface area (Å²) in [7, 11) is 0. The van der Waals surface area contributed by atoms with Gasteiger partial charge < -0.3 is 14.2 Å². The number of allylic oxidation sites excluding steroid dienone is 14. The molecule has 0 aromatic heterocycles. The maximum Gasteiger partial charge on any atom is 0.306 e. The van der Waals surface area contributed by atoms with Crippen LogP contribution in [0.2, 0.25) is 0 Å². The Morgan fingerprint density at radius 2 is 0.643 bits per heavy atom. The lowest BCUT2D eigenvalue weighted by molar-refractivity contribution is -0.163. The summed E-state index contributed by atoms with van der Waals surface area (Å²) in [6.45, 7) is 7.69. The van der Waals surface area contributed by atoms with Gasteiger partial charge in [0.05, 0.1) is 6.61 Å². The summed E-state index contributed by atoms with van der Waals surface area (Å²) in [5.41, 5.74) is 0. The van der Waals surface area contributed by atoms with Crippen molar-refractivity contribution >= 4 is 11.9 Å². The molecule has 0 spiro atoms. The summed E-state index contributed by atoms with van der Waals surface area (Å²) < 4.78 is 17.5. The second-order valence-electron chi connectivity index (χ2n) is 19.9. The van der Waals surface area contributed by atoms with E-state index in [1.807, 2.05) is 0 Å². The van der Waals surface area contributed by atoms with E-state index in [0.29, 0.717) is 19.4 Å². The Bertz CT molecular complexity index is 1290. The molecule has 0 aliphatic heterocycles. The summed E-state index contributed by atoms with van der Waals surface area (Å²) >= 11 is 0. The van der Waals surface area contributed by atoms with Crippen molar-refractivity contribution in [2.45, 2.75) is 297 Å². The molecular weight excluding hydrogens is 861 g/mol. The molecule has 5 nitrogen and oxygen atoms in total. The second kappa shape index (κ2) is 60.4. The minimum Gasteiger partial charge on any atom is -0.462 e. The van der Waals surface area contributed by atoms with Crippen LogP contribution in [0.15, 0.2) is 85.1 Å². The summed E-state index contributed by atoms with van der Waals surface area (Å²) in [5, 5.41) is 0. The van der Waals surface area contributed by atoms with E-state index >= 15 is 0 Å². The van der Waals surface area contributed by atoms with Gasteiger partial charge in [-0.1, -0.05) is 247 Å². The molecule has 0 fully saturated rings. The molecule has 0 saturated carbocycles. The van der Waals surface area contributed by atoms with Gasteiger partial charge in [-0.3, -0.25) is 9.59 Å². The highest BCUT2D eigenvalue weighted by atomic mass is 16.6. The first-order valence-electron chi connectivity index (χ1n) is 30.1. The van der Waals surface area contributed by atoms with E-state index in [4.69, 9.17) is 14.2 Å². The topological polar surface area (TPSA) is 61.8 Å². The first-order chi connectivity index (χ1) is 34.6. The van der Waals surface area contributed by atoms with Crippen molar-refractivity contribution in [3.8, 4) is 0 Å². The van der Waals surface area contributed by atoms with Crippen molar-refractivity contribution in [3.63, 3.8) is 0 Å². The van der Waals surface area contributed by atoms with Crippen LogP contribution >= 0.6 is 0 Å². The minimum atomic E-state index is -0.553. The Labute approximate surface area is 435 Å². The monoisotopic (exact) mass is 975 g/mol. The number of rotatable bonds is 55. The molecule has 0 N–H and O–H groups in total. The summed E-state index contributed by atoms with van der Waals surface area (Å²) in [5.74, 6) is -0.417. The molecule has 1 unspecified atom stereocenters. The second-order valence-corrected chi connectivity index (χ2v) is 19.9. The molecule has 0 amide bonds. The van der Waals surface area contributed by atoms with E-state index in [1.165, 1.54) is 167 Å². The summed E-state index contributed by atoms with van der Waals surface area (Å²) in [6, 6.07) is 0. The van der Waals surface area contributed by atoms with Gasteiger partial charge in [0.1, 0.15) is 6.61 Å². The van der Waals surface area contributed by atoms with E-state index in [0.717, 1.165) is 89.9 Å². The van der Waals surface area contributed by atoms with E-state index in [2.05, 4.69) is 106 Å². The van der Waals surface area contributed by atoms with Gasteiger partial charge >= 0.3 is 11.9 Å². The van der Waals surface area contributed by atoms with Crippen LogP contribution in [0.3, 0.4) is 0 Å². The average molecular weight is 976 g/mol. The van der Waals surface area contributed by atoms with Gasteiger partial charge in [0, 0.05) is 19.4 Å². The van der Waals surface area contributed by atoms with Crippen molar-refractivity contribution in [2.24, 2.45) is 0 Å². The van der Waals surface area contributed by atoms with E-state index in [9.17, 15) is 9.59 Å². The quantitative estimate of drug-likeness (QED) is 0.0345. The molecular formula is C65H114O5. The standard InChI is InChI=1S/C65H114O5/c1-4-7-10-13-16-19-22-25-28-31-33-35-37-40-43-46-49-52-55-58-64(66)69-62-63(61-68-60-57-54-51-48-45-42-39-36-32-29-26-23-20-17-14-11-8-5-2)70-65(67)59-56-53-50-47-44-41-38-34-30-27-24-21-18-15-12-9-6-3/h7,10,16,18-19,21,25-30,33,35,63H,4-6,8-9,11-15,17,20,22-24,31-32,34,36-62H2,1-3H3/b10-7-,19-16-,21-18-,28-25-,29-26-,30-27-,35-33-. The van der Waals surface area contributed by atoms with Crippen molar-refractivity contribution in [2.75, 3.05) is 19.8 Å². The lowest BCUT2D eigenvalue weighted by Gasteiger charge is -2.18. The van der Waals surface area contributed by atoms with Crippen molar-refractivity contribution in [1.82, 2.24) is 0 Å². The summed E-state index contributed by atoms with van der Waals surface area (Å²) in [6.07, 6.45) is 80.3. The number of carbonyl (C=O) groups is 2. The molecule has 0 radical (unpaired) electrons. The van der Waals surface area contributed by atoms with Gasteiger partial charge in [0.2, 0.25) is 0 Å². The maximum atomic E-state index is 12.9. The molecule has 0 aromatic rings. The van der Waals surface area contributed by atoms with Gasteiger partial charge in [-0.2, -0.15) is 0 Å². The van der Waals surface area contributed by atoms with Crippen molar-refractivity contribution in [1.29, 1.82) is 0 Å². The molecule has 0 bridgehead atoms. The number of esters is 2. The number of hydrogen-bond donors (Lipinski definition) is 0. The number of carbonyl (C=O) groups excluding carboxylic acids is 2. The van der Waals surface area contributed by atoms with Gasteiger partial charge in [-0.25, -0.2) is 0 Å². The van der Waals surface area contributed by atoms with Crippen LogP contribution in [0.5, 0.6) is 0 Å². The fraction of sp³-hybridized carbons (Fsp3) is 0.754. The first-order valence-corrected chi connectivity index (χ1v) is 30.1. The molecule has 0 heterocycles. The van der Waals surface area contributed by atoms with Crippen LogP contribution in [0.1, 0.15) is 290 Å². The highest BCUT2D eigenvalue weighted by Gasteiger charge is 2.17. The van der Waals surface area contributed by atoms with Crippen LogP contribution in [-0.4, -0.2) is 37.9 Å². The van der Waals surface area contributed by atoms with Crippen LogP contribution in [0.4, 0.5) is 0 Å². The number of unbranched alkanes of at least 4 members (excludes halogenated alkanes) is 30. The number of hydrogen-bond acceptors (Lipinski definition) is 5. The molecule has 5 heteroatoms. The molecule has 0 saturated heterocycles. The predicted octanol–water partition coefficient (Wildman–Crippen LogP) is 20.8. The van der Waals surface area contributed by atoms with E-state index in [-0.39, 0.29) is 25.2 Å². The van der Waals surface area contributed by atoms with Gasteiger partial charge in [0.15, 0.2) is 6.10 Å². The number of ether oxygens (including phenoxy) is 3. The lowest BCUT2D eigenvalue weighted by atomic mass is 10.1. The van der Waals surface area contributed by atoms with Crippen LogP contribution in [0, 0.1) is 0 Å². The van der Waals surface area contributed by atoms with Crippen LogP contribution < -0.4 is 0 Å². The van der Waals surface area contributed by atoms with Crippen molar-refractivity contribution < 1.29 is 23.8 Å². The highest BCUT2D eigenvalue weighted by Crippen LogP contribution is 2.15. The minimum absolute atomic E-state index is 0.0712. The third-order valence-corrected chi connectivity index (χ3v) is 12.9. The molecule has 0 rings (SSSR count). The Kier molecular flexibility index (Phi) is 57.9. The van der Waals surface area contributed by atoms with E-state index in [1.54, 1.807) is 0 Å². The van der Waals surface area contributed by atoms with Gasteiger partial charge in [0.25, 0.3) is 0 Å². The van der Waals surface area contributed by atoms with Crippen LogP contribution in [0.25, 0.3) is 0 Å². The predicted molar refractivity (Wildman–Crippen MR) is 307 cm³/mol. The smallest absolute Gasteiger partial charge is 0.306 e. The normalized spacial score (nSPS) is 12.8. The summed E-state index contributed by atoms with van der Waals surface area (Å²) in [4.78, 5) is 25.6. The third-order valence-electron chi connectivity index (χ3n) is 12.9. The fourth-order valence-electron chi connectivity index (χ4n) is 8.41. The van der Waals surface area contributed by atoms with Gasteiger partial charge in [-0.05, 0) is 116 Å². The van der Waals surface area contributed by atoms with Crippen molar-refractivity contribution in [3.05, 3.63) is 85.1 Å². The lowest BCUT2D eigenvalue weighted by Crippen LogP contribution is -2.30. The molecule has 404 valence electrons. The Hall–Kier alpha value is -2.92. The Balaban J connectivity index is 4.32. The van der Waals surface area contributed by atoms with E-state index < -0.39 is 6.10 Å². The molecule has 0 aliphatic rings. The fourth-order valence-corrected chi connectivity index (χ4v) is 8.41. The zero-order valence-electron chi connectivity index (χ0n) is 46.5. The molecule has 0 aliphatic carbocycles. The molecule has 70 heavy (non-hydrogen) atoms. The molecule has 1 atom stereocenters. The maximum absolute atomic E-state index is 12.9. The third kappa shape index (κ3) is 57.7. The Morgan fingerprint density at radius 3 is 1.07 bits per heavy atom. The highest BCUT2D eigenvalue weighted by molar-refractivity contribution is 5.70. The average Bonchev–Trinajstić information content (AvgIpc) is 3.36. The largest absolute Gasteiger partial charge is 0.462 e. The zero-order valence-corrected chi connectivity index (χ0v) is 46.5.